The Labute approximate surface area is 120 Å². The SMILES string of the molecule is CS(=O)(=O)c1cccc2[nH]c(-c3ccc(O)cc3F)nc12. The van der Waals surface area contributed by atoms with Gasteiger partial charge in [-0.1, -0.05) is 6.07 Å². The zero-order valence-electron chi connectivity index (χ0n) is 11.0. The number of para-hydroxylation sites is 1. The molecule has 0 radical (unpaired) electrons. The third kappa shape index (κ3) is 2.36. The lowest BCUT2D eigenvalue weighted by Gasteiger charge is -1.99. The van der Waals surface area contributed by atoms with Crippen LogP contribution in [0.1, 0.15) is 0 Å². The number of aromatic hydroxyl groups is 1. The Morgan fingerprint density at radius 2 is 2.00 bits per heavy atom. The molecule has 108 valence electrons. The molecule has 1 heterocycles. The summed E-state index contributed by atoms with van der Waals surface area (Å²) >= 11 is 0. The van der Waals surface area contributed by atoms with Crippen LogP contribution in [0, 0.1) is 5.82 Å². The van der Waals surface area contributed by atoms with Crippen molar-refractivity contribution in [3.8, 4) is 17.1 Å². The molecule has 7 heteroatoms. The Balaban J connectivity index is 2.27. The van der Waals surface area contributed by atoms with E-state index in [2.05, 4.69) is 9.97 Å². The third-order valence-electron chi connectivity index (χ3n) is 3.08. The highest BCUT2D eigenvalue weighted by molar-refractivity contribution is 7.91. The number of hydrogen-bond donors (Lipinski definition) is 2. The van der Waals surface area contributed by atoms with Crippen LogP contribution in [-0.2, 0) is 9.84 Å². The molecule has 5 nitrogen and oxygen atoms in total. The summed E-state index contributed by atoms with van der Waals surface area (Å²) < 4.78 is 37.3. The molecule has 0 amide bonds. The minimum Gasteiger partial charge on any atom is -0.508 e. The van der Waals surface area contributed by atoms with Gasteiger partial charge in [-0.2, -0.15) is 0 Å². The summed E-state index contributed by atoms with van der Waals surface area (Å²) in [6.45, 7) is 0. The van der Waals surface area contributed by atoms with Crippen molar-refractivity contribution in [1.29, 1.82) is 0 Å². The number of halogens is 1. The van der Waals surface area contributed by atoms with E-state index < -0.39 is 15.7 Å². The second-order valence-electron chi connectivity index (χ2n) is 4.67. The Morgan fingerprint density at radius 1 is 1.24 bits per heavy atom. The van der Waals surface area contributed by atoms with Crippen LogP contribution < -0.4 is 0 Å². The van der Waals surface area contributed by atoms with Gasteiger partial charge in [-0.3, -0.25) is 0 Å². The van der Waals surface area contributed by atoms with E-state index in [4.69, 9.17) is 0 Å². The van der Waals surface area contributed by atoms with E-state index in [1.807, 2.05) is 0 Å². The highest BCUT2D eigenvalue weighted by Gasteiger charge is 2.17. The average Bonchev–Trinajstić information content (AvgIpc) is 2.80. The van der Waals surface area contributed by atoms with Gasteiger partial charge in [0.05, 0.1) is 16.0 Å². The molecule has 0 aliphatic rings. The Hall–Kier alpha value is -2.41. The van der Waals surface area contributed by atoms with E-state index in [0.717, 1.165) is 12.3 Å². The molecule has 0 unspecified atom stereocenters. The maximum absolute atomic E-state index is 13.9. The van der Waals surface area contributed by atoms with E-state index in [-0.39, 0.29) is 27.5 Å². The Morgan fingerprint density at radius 3 is 2.67 bits per heavy atom. The number of nitrogens with zero attached hydrogens (tertiary/aromatic N) is 1. The topological polar surface area (TPSA) is 83.0 Å². The largest absolute Gasteiger partial charge is 0.508 e. The van der Waals surface area contributed by atoms with Crippen LogP contribution in [0.2, 0.25) is 0 Å². The molecule has 2 N–H and O–H groups in total. The van der Waals surface area contributed by atoms with Crippen molar-refractivity contribution in [1.82, 2.24) is 9.97 Å². The lowest BCUT2D eigenvalue weighted by atomic mass is 10.2. The first-order valence-corrected chi connectivity index (χ1v) is 7.93. The molecule has 0 aliphatic heterocycles. The molecule has 0 fully saturated rings. The molecule has 21 heavy (non-hydrogen) atoms. The van der Waals surface area contributed by atoms with Gasteiger partial charge in [-0.25, -0.2) is 17.8 Å². The molecular weight excluding hydrogens is 295 g/mol. The molecular formula is C14H11FN2O3S. The lowest BCUT2D eigenvalue weighted by Crippen LogP contribution is -1.97. The second-order valence-corrected chi connectivity index (χ2v) is 6.66. The maximum atomic E-state index is 13.9. The fourth-order valence-electron chi connectivity index (χ4n) is 2.13. The number of benzene rings is 2. The third-order valence-corrected chi connectivity index (χ3v) is 4.21. The number of imidazole rings is 1. The summed E-state index contributed by atoms with van der Waals surface area (Å²) in [6.07, 6.45) is 1.09. The minimum absolute atomic E-state index is 0.0849. The zero-order valence-corrected chi connectivity index (χ0v) is 11.8. The van der Waals surface area contributed by atoms with Crippen LogP contribution in [0.15, 0.2) is 41.3 Å². The highest BCUT2D eigenvalue weighted by Crippen LogP contribution is 2.28. The van der Waals surface area contributed by atoms with Crippen molar-refractivity contribution in [2.45, 2.75) is 4.90 Å². The van der Waals surface area contributed by atoms with E-state index in [1.54, 1.807) is 12.1 Å². The van der Waals surface area contributed by atoms with Crippen molar-refractivity contribution in [3.63, 3.8) is 0 Å². The van der Waals surface area contributed by atoms with Crippen LogP contribution in [0.25, 0.3) is 22.4 Å². The maximum Gasteiger partial charge on any atom is 0.177 e. The summed E-state index contributed by atoms with van der Waals surface area (Å²) in [5.74, 6) is -0.627. The van der Waals surface area contributed by atoms with Crippen LogP contribution in [-0.4, -0.2) is 29.7 Å². The molecule has 0 saturated heterocycles. The van der Waals surface area contributed by atoms with Crippen molar-refractivity contribution in [2.24, 2.45) is 0 Å². The zero-order chi connectivity index (χ0) is 15.2. The van der Waals surface area contributed by atoms with Gasteiger partial charge in [0.1, 0.15) is 22.9 Å². The minimum atomic E-state index is -3.43. The summed E-state index contributed by atoms with van der Waals surface area (Å²) in [7, 11) is -3.43. The van der Waals surface area contributed by atoms with Gasteiger partial charge in [-0.05, 0) is 24.3 Å². The molecule has 0 saturated carbocycles. The average molecular weight is 306 g/mol. The fourth-order valence-corrected chi connectivity index (χ4v) is 2.96. The van der Waals surface area contributed by atoms with Crippen molar-refractivity contribution < 1.29 is 17.9 Å². The van der Waals surface area contributed by atoms with Crippen LogP contribution in [0.4, 0.5) is 4.39 Å². The summed E-state index contributed by atoms with van der Waals surface area (Å²) in [5, 5.41) is 9.23. The lowest BCUT2D eigenvalue weighted by molar-refractivity contribution is 0.469. The molecule has 2 aromatic carbocycles. The van der Waals surface area contributed by atoms with E-state index in [1.165, 1.54) is 18.2 Å². The number of fused-ring (bicyclic) bond motifs is 1. The fraction of sp³-hybridized carbons (Fsp3) is 0.0714. The van der Waals surface area contributed by atoms with Crippen LogP contribution in [0.5, 0.6) is 5.75 Å². The Kier molecular flexibility index (Phi) is 2.94. The molecule has 0 spiro atoms. The normalized spacial score (nSPS) is 11.9. The second kappa shape index (κ2) is 4.56. The van der Waals surface area contributed by atoms with Crippen molar-refractivity contribution in [2.75, 3.05) is 6.26 Å². The number of hydrogen-bond acceptors (Lipinski definition) is 4. The van der Waals surface area contributed by atoms with Gasteiger partial charge in [0, 0.05) is 12.3 Å². The van der Waals surface area contributed by atoms with E-state index >= 15 is 0 Å². The van der Waals surface area contributed by atoms with Gasteiger partial charge >= 0.3 is 0 Å². The van der Waals surface area contributed by atoms with Gasteiger partial charge in [0.15, 0.2) is 9.84 Å². The summed E-state index contributed by atoms with van der Waals surface area (Å²) in [6, 6.07) is 8.40. The van der Waals surface area contributed by atoms with Gasteiger partial charge in [-0.15, -0.1) is 0 Å². The van der Waals surface area contributed by atoms with Gasteiger partial charge < -0.3 is 10.1 Å². The van der Waals surface area contributed by atoms with Crippen LogP contribution >= 0.6 is 0 Å². The molecule has 1 aromatic heterocycles. The van der Waals surface area contributed by atoms with E-state index in [0.29, 0.717) is 5.52 Å². The highest BCUT2D eigenvalue weighted by atomic mass is 32.2. The molecule has 3 rings (SSSR count). The first kappa shape index (κ1) is 13.6. The number of phenolic OH excluding ortho intramolecular Hbond substituents is 1. The van der Waals surface area contributed by atoms with Crippen molar-refractivity contribution >= 4 is 20.9 Å². The molecule has 0 aliphatic carbocycles. The smallest absolute Gasteiger partial charge is 0.177 e. The number of phenols is 1. The molecule has 0 atom stereocenters. The number of aromatic amines is 1. The number of nitrogens with one attached hydrogen (secondary N) is 1. The summed E-state index contributed by atoms with van der Waals surface area (Å²) in [5.41, 5.74) is 0.923. The first-order valence-electron chi connectivity index (χ1n) is 6.04. The number of H-pyrrole nitrogens is 1. The molecule has 3 aromatic rings. The predicted octanol–water partition coefficient (Wildman–Crippen LogP) is 2.48. The Bertz CT molecular complexity index is 948. The summed E-state index contributed by atoms with van der Waals surface area (Å²) in [4.78, 5) is 7.16. The monoisotopic (exact) mass is 306 g/mol. The van der Waals surface area contributed by atoms with Crippen LogP contribution in [0.3, 0.4) is 0 Å². The standard InChI is InChI=1S/C14H11FN2O3S/c1-21(19,20)12-4-2-3-11-13(12)17-14(16-11)9-6-5-8(18)7-10(9)15/h2-7,18H,1H3,(H,16,17). The first-order chi connectivity index (χ1) is 9.86. The molecule has 0 bridgehead atoms. The number of rotatable bonds is 2. The number of sulfone groups is 1. The van der Waals surface area contributed by atoms with E-state index in [9.17, 15) is 17.9 Å². The predicted molar refractivity (Wildman–Crippen MR) is 76.3 cm³/mol. The van der Waals surface area contributed by atoms with Gasteiger partial charge in [0.25, 0.3) is 0 Å². The van der Waals surface area contributed by atoms with Gasteiger partial charge in [0.2, 0.25) is 0 Å². The quantitative estimate of drug-likeness (QED) is 0.762. The number of aromatic nitrogens is 2. The van der Waals surface area contributed by atoms with Crippen molar-refractivity contribution in [3.05, 3.63) is 42.2 Å².